The van der Waals surface area contributed by atoms with Gasteiger partial charge in [0.25, 0.3) is 5.91 Å². The topological polar surface area (TPSA) is 80.0 Å². The van der Waals surface area contributed by atoms with E-state index in [4.69, 9.17) is 9.84 Å². The fourth-order valence-electron chi connectivity index (χ4n) is 2.90. The number of hydrogen-bond donors (Lipinski definition) is 1. The van der Waals surface area contributed by atoms with E-state index in [1.165, 1.54) is 0 Å². The van der Waals surface area contributed by atoms with E-state index in [2.05, 4.69) is 10.1 Å². The maximum absolute atomic E-state index is 12.6. The molecule has 3 heterocycles. The lowest BCUT2D eigenvalue weighted by molar-refractivity contribution is 0.0144. The van der Waals surface area contributed by atoms with Gasteiger partial charge in [-0.15, -0.1) is 0 Å². The number of aliphatic hydroxyl groups excluding tert-OH is 1. The number of carbonyl (C=O) groups excluding carboxylic acids is 1. The minimum atomic E-state index is -0.0610. The van der Waals surface area contributed by atoms with Gasteiger partial charge in [0.05, 0.1) is 6.10 Å². The summed E-state index contributed by atoms with van der Waals surface area (Å²) in [6.45, 7) is 4.16. The van der Waals surface area contributed by atoms with E-state index in [0.29, 0.717) is 37.5 Å². The van der Waals surface area contributed by atoms with Crippen molar-refractivity contribution >= 4 is 11.6 Å². The molecule has 1 saturated heterocycles. The van der Waals surface area contributed by atoms with E-state index >= 15 is 0 Å². The molecule has 0 unspecified atom stereocenters. The lowest BCUT2D eigenvalue weighted by Crippen LogP contribution is -2.41. The van der Waals surface area contributed by atoms with Crippen molar-refractivity contribution in [2.24, 2.45) is 0 Å². The predicted octanol–water partition coefficient (Wildman–Crippen LogP) is 0.905. The second-order valence-corrected chi connectivity index (χ2v) is 5.72. The van der Waals surface area contributed by atoms with Crippen LogP contribution < -0.4 is 0 Å². The Labute approximate surface area is 134 Å². The van der Waals surface area contributed by atoms with Gasteiger partial charge in [-0.2, -0.15) is 5.10 Å². The Morgan fingerprint density at radius 2 is 2.22 bits per heavy atom. The number of piperidine rings is 1. The smallest absolute Gasteiger partial charge is 0.274 e. The third kappa shape index (κ3) is 3.51. The van der Waals surface area contributed by atoms with E-state index in [9.17, 15) is 4.79 Å². The van der Waals surface area contributed by atoms with Crippen LogP contribution in [0.5, 0.6) is 0 Å². The minimum absolute atomic E-state index is 0.0610. The molecule has 0 atom stereocenters. The van der Waals surface area contributed by atoms with Gasteiger partial charge in [0.15, 0.2) is 11.3 Å². The second kappa shape index (κ2) is 7.06. The largest absolute Gasteiger partial charge is 0.396 e. The molecule has 1 N–H and O–H groups in total. The van der Waals surface area contributed by atoms with Crippen LogP contribution in [0.4, 0.5) is 0 Å². The van der Waals surface area contributed by atoms with Crippen LogP contribution in [0, 0.1) is 0 Å². The lowest BCUT2D eigenvalue weighted by atomic mass is 10.1. The highest BCUT2D eigenvalue weighted by Crippen LogP contribution is 2.16. The third-order valence-electron chi connectivity index (χ3n) is 4.12. The maximum Gasteiger partial charge on any atom is 0.274 e. The number of ether oxygens (including phenoxy) is 1. The molecule has 1 fully saturated rings. The van der Waals surface area contributed by atoms with Crippen molar-refractivity contribution in [3.8, 4) is 0 Å². The summed E-state index contributed by atoms with van der Waals surface area (Å²) >= 11 is 0. The van der Waals surface area contributed by atoms with Crippen molar-refractivity contribution in [1.82, 2.24) is 19.5 Å². The molecule has 1 amide bonds. The van der Waals surface area contributed by atoms with Crippen LogP contribution >= 0.6 is 0 Å². The second-order valence-electron chi connectivity index (χ2n) is 5.72. The van der Waals surface area contributed by atoms with E-state index in [-0.39, 0.29) is 18.6 Å². The molecule has 2 aromatic heterocycles. The normalized spacial score (nSPS) is 16.2. The first-order valence-corrected chi connectivity index (χ1v) is 8.07. The number of nitrogens with zero attached hydrogens (tertiary/aromatic N) is 4. The van der Waals surface area contributed by atoms with Crippen LogP contribution in [0.1, 0.15) is 35.8 Å². The molecule has 23 heavy (non-hydrogen) atoms. The van der Waals surface area contributed by atoms with Crippen LogP contribution in [0.3, 0.4) is 0 Å². The molecule has 7 nitrogen and oxygen atoms in total. The number of amides is 1. The molecule has 0 spiro atoms. The average molecular weight is 318 g/mol. The summed E-state index contributed by atoms with van der Waals surface area (Å²) in [6.07, 6.45) is 6.02. The first-order chi connectivity index (χ1) is 11.2. The molecule has 0 aromatic carbocycles. The molecular formula is C16H22N4O3. The Hall–Kier alpha value is -1.99. The van der Waals surface area contributed by atoms with Gasteiger partial charge in [-0.05, 0) is 31.7 Å². The number of carbonyl (C=O) groups is 1. The molecule has 1 aliphatic rings. The fraction of sp³-hybridized carbons (Fsp3) is 0.562. The highest BCUT2D eigenvalue weighted by Gasteiger charge is 2.25. The van der Waals surface area contributed by atoms with Crippen LogP contribution in [0.25, 0.3) is 5.65 Å². The molecule has 0 aliphatic carbocycles. The molecule has 3 rings (SSSR count). The van der Waals surface area contributed by atoms with Gasteiger partial charge in [0.2, 0.25) is 0 Å². The SMILES string of the molecule is CCOC1CCN(C(=O)c2cc3ncc(CCO)cn3n2)CC1. The molecule has 1 aliphatic heterocycles. The number of hydrogen-bond acceptors (Lipinski definition) is 5. The van der Waals surface area contributed by atoms with E-state index in [0.717, 1.165) is 18.4 Å². The van der Waals surface area contributed by atoms with Gasteiger partial charge in [-0.1, -0.05) is 0 Å². The zero-order valence-electron chi connectivity index (χ0n) is 13.3. The summed E-state index contributed by atoms with van der Waals surface area (Å²) in [5.74, 6) is -0.0610. The summed E-state index contributed by atoms with van der Waals surface area (Å²) < 4.78 is 7.21. The highest BCUT2D eigenvalue weighted by molar-refractivity contribution is 5.93. The Morgan fingerprint density at radius 1 is 1.43 bits per heavy atom. The Bertz CT molecular complexity index is 677. The monoisotopic (exact) mass is 318 g/mol. The summed E-state index contributed by atoms with van der Waals surface area (Å²) in [7, 11) is 0. The maximum atomic E-state index is 12.6. The van der Waals surface area contributed by atoms with E-state index in [1.54, 1.807) is 23.0 Å². The molecule has 124 valence electrons. The zero-order valence-corrected chi connectivity index (χ0v) is 13.3. The quantitative estimate of drug-likeness (QED) is 0.886. The molecule has 0 saturated carbocycles. The summed E-state index contributed by atoms with van der Waals surface area (Å²) in [5.41, 5.74) is 1.94. The van der Waals surface area contributed by atoms with E-state index < -0.39 is 0 Å². The zero-order chi connectivity index (χ0) is 16.2. The van der Waals surface area contributed by atoms with Crippen molar-refractivity contribution < 1.29 is 14.6 Å². The highest BCUT2D eigenvalue weighted by atomic mass is 16.5. The number of aromatic nitrogens is 3. The standard InChI is InChI=1S/C16H22N4O3/c1-2-23-13-3-6-19(7-4-13)16(22)14-9-15-17-10-12(5-8-21)11-20(15)18-14/h9-11,13,21H,2-8H2,1H3. The van der Waals surface area contributed by atoms with Gasteiger partial charge < -0.3 is 14.7 Å². The average Bonchev–Trinajstić information content (AvgIpc) is 2.99. The Balaban J connectivity index is 1.71. The first-order valence-electron chi connectivity index (χ1n) is 8.07. The Kier molecular flexibility index (Phi) is 4.88. The molecule has 0 bridgehead atoms. The molecule has 0 radical (unpaired) electrons. The van der Waals surface area contributed by atoms with Gasteiger partial charge >= 0.3 is 0 Å². The van der Waals surface area contributed by atoms with E-state index in [1.807, 2.05) is 11.8 Å². The fourth-order valence-corrected chi connectivity index (χ4v) is 2.90. The van der Waals surface area contributed by atoms with Crippen LogP contribution in [-0.4, -0.2) is 62.9 Å². The van der Waals surface area contributed by atoms with Crippen LogP contribution in [0.2, 0.25) is 0 Å². The molecular weight excluding hydrogens is 296 g/mol. The predicted molar refractivity (Wildman–Crippen MR) is 84.3 cm³/mol. The van der Waals surface area contributed by atoms with Gasteiger partial charge in [0.1, 0.15) is 0 Å². The van der Waals surface area contributed by atoms with Crippen molar-refractivity contribution in [2.75, 3.05) is 26.3 Å². The van der Waals surface area contributed by atoms with Crippen molar-refractivity contribution in [3.05, 3.63) is 29.7 Å². The summed E-state index contributed by atoms with van der Waals surface area (Å²) in [6, 6.07) is 1.71. The van der Waals surface area contributed by atoms with Crippen molar-refractivity contribution in [1.29, 1.82) is 0 Å². The van der Waals surface area contributed by atoms with Crippen LogP contribution in [0.15, 0.2) is 18.5 Å². The Morgan fingerprint density at radius 3 is 2.91 bits per heavy atom. The van der Waals surface area contributed by atoms with Gasteiger partial charge in [0, 0.05) is 44.8 Å². The van der Waals surface area contributed by atoms with Gasteiger partial charge in [-0.3, -0.25) is 4.79 Å². The third-order valence-corrected chi connectivity index (χ3v) is 4.12. The number of likely N-dealkylation sites (tertiary alicyclic amines) is 1. The lowest BCUT2D eigenvalue weighted by Gasteiger charge is -2.31. The summed E-state index contributed by atoms with van der Waals surface area (Å²) in [5, 5.41) is 13.3. The number of fused-ring (bicyclic) bond motifs is 1. The molecule has 2 aromatic rings. The van der Waals surface area contributed by atoms with Gasteiger partial charge in [-0.25, -0.2) is 9.50 Å². The molecule has 7 heteroatoms. The first kappa shape index (κ1) is 15.9. The van der Waals surface area contributed by atoms with Crippen LogP contribution in [-0.2, 0) is 11.2 Å². The van der Waals surface area contributed by atoms with Crippen molar-refractivity contribution in [3.63, 3.8) is 0 Å². The van der Waals surface area contributed by atoms with Crippen molar-refractivity contribution in [2.45, 2.75) is 32.3 Å². The minimum Gasteiger partial charge on any atom is -0.396 e. The number of rotatable bonds is 5. The summed E-state index contributed by atoms with van der Waals surface area (Å²) in [4.78, 5) is 18.7. The number of aliphatic hydroxyl groups is 1.